The van der Waals surface area contributed by atoms with Crippen LogP contribution in [-0.2, 0) is 6.42 Å². The summed E-state index contributed by atoms with van der Waals surface area (Å²) in [6.07, 6.45) is 0.998. The summed E-state index contributed by atoms with van der Waals surface area (Å²) in [6, 6.07) is 2.17. The molecule has 2 nitrogen and oxygen atoms in total. The van der Waals surface area contributed by atoms with E-state index in [1.165, 1.54) is 16.6 Å². The van der Waals surface area contributed by atoms with Crippen LogP contribution in [0.1, 0.15) is 18.1 Å². The maximum absolute atomic E-state index is 5.68. The van der Waals surface area contributed by atoms with Crippen LogP contribution in [0, 0.1) is 6.92 Å². The lowest BCUT2D eigenvalue weighted by molar-refractivity contribution is 0.171. The van der Waals surface area contributed by atoms with Crippen molar-refractivity contribution in [2.24, 2.45) is 0 Å². The normalized spacial score (nSPS) is 14.1. The number of benzene rings is 1. The third-order valence-corrected chi connectivity index (χ3v) is 2.68. The third kappa shape index (κ3) is 1.37. The Bertz CT molecular complexity index is 341. The molecule has 1 aliphatic rings. The first-order valence-corrected chi connectivity index (χ1v) is 5.12. The summed E-state index contributed by atoms with van der Waals surface area (Å²) in [5.74, 6) is 1.91. The topological polar surface area (TPSA) is 18.5 Å². The van der Waals surface area contributed by atoms with Crippen LogP contribution in [0.25, 0.3) is 0 Å². The predicted molar refractivity (Wildman–Crippen MR) is 59.7 cm³/mol. The highest BCUT2D eigenvalue weighted by molar-refractivity contribution is 6.34. The number of hydrogen-bond acceptors (Lipinski definition) is 2. The van der Waals surface area contributed by atoms with Crippen LogP contribution in [-0.4, -0.2) is 21.1 Å². The molecule has 14 heavy (non-hydrogen) atoms. The van der Waals surface area contributed by atoms with Gasteiger partial charge in [-0.1, -0.05) is 13.0 Å². The molecule has 0 aliphatic carbocycles. The van der Waals surface area contributed by atoms with Gasteiger partial charge in [0.1, 0.15) is 21.1 Å². The number of rotatable bonds is 1. The summed E-state index contributed by atoms with van der Waals surface area (Å²) in [4.78, 5) is 0. The highest BCUT2D eigenvalue weighted by atomic mass is 16.6. The van der Waals surface area contributed by atoms with Gasteiger partial charge in [0, 0.05) is 5.56 Å². The van der Waals surface area contributed by atoms with Gasteiger partial charge in [0.2, 0.25) is 0 Å². The first-order chi connectivity index (χ1) is 6.74. The molecule has 0 aromatic heterocycles. The Morgan fingerprint density at radius 1 is 1.29 bits per heavy atom. The van der Waals surface area contributed by atoms with Gasteiger partial charge in [-0.05, 0) is 24.4 Å². The molecule has 1 aliphatic heterocycles. The molecule has 1 heterocycles. The van der Waals surface area contributed by atoms with Crippen LogP contribution in [0.2, 0.25) is 0 Å². The molecule has 1 aromatic rings. The average molecular weight is 190 g/mol. The van der Waals surface area contributed by atoms with Crippen molar-refractivity contribution < 1.29 is 9.47 Å². The molecule has 0 amide bonds. The van der Waals surface area contributed by atoms with Gasteiger partial charge >= 0.3 is 0 Å². The van der Waals surface area contributed by atoms with Crippen LogP contribution in [0.15, 0.2) is 6.07 Å². The van der Waals surface area contributed by atoms with Crippen molar-refractivity contribution in [1.29, 1.82) is 0 Å². The fourth-order valence-corrected chi connectivity index (χ4v) is 2.03. The Hall–Kier alpha value is -1.12. The highest BCUT2D eigenvalue weighted by Gasteiger charge is 2.18. The Labute approximate surface area is 85.6 Å². The van der Waals surface area contributed by atoms with E-state index in [1.54, 1.807) is 0 Å². The molecular formula is C11H15BO2. The monoisotopic (exact) mass is 190 g/mol. The Kier molecular flexibility index (Phi) is 2.40. The van der Waals surface area contributed by atoms with Crippen molar-refractivity contribution in [3.8, 4) is 11.5 Å². The van der Waals surface area contributed by atoms with Crippen molar-refractivity contribution in [3.05, 3.63) is 17.2 Å². The van der Waals surface area contributed by atoms with Gasteiger partial charge in [-0.15, -0.1) is 0 Å². The van der Waals surface area contributed by atoms with E-state index < -0.39 is 0 Å². The summed E-state index contributed by atoms with van der Waals surface area (Å²) in [6.45, 7) is 5.61. The zero-order valence-electron chi connectivity index (χ0n) is 9.02. The van der Waals surface area contributed by atoms with E-state index in [9.17, 15) is 0 Å². The lowest BCUT2D eigenvalue weighted by Gasteiger charge is -2.24. The molecule has 1 aromatic carbocycles. The zero-order valence-corrected chi connectivity index (χ0v) is 9.02. The number of ether oxygens (including phenoxy) is 2. The van der Waals surface area contributed by atoms with Crippen molar-refractivity contribution in [3.63, 3.8) is 0 Å². The molecule has 0 radical (unpaired) electrons. The van der Waals surface area contributed by atoms with Gasteiger partial charge in [-0.2, -0.15) is 0 Å². The maximum Gasteiger partial charge on any atom is 0.164 e. The molecule has 0 N–H and O–H groups in total. The minimum Gasteiger partial charge on any atom is -0.487 e. The molecule has 0 saturated heterocycles. The summed E-state index contributed by atoms with van der Waals surface area (Å²) < 4.78 is 11.3. The Morgan fingerprint density at radius 2 is 1.93 bits per heavy atom. The molecule has 3 heteroatoms. The minimum atomic E-state index is 0.667. The van der Waals surface area contributed by atoms with E-state index in [4.69, 9.17) is 9.47 Å². The van der Waals surface area contributed by atoms with Gasteiger partial charge in [-0.3, -0.25) is 0 Å². The fourth-order valence-electron chi connectivity index (χ4n) is 2.03. The molecule has 0 saturated carbocycles. The van der Waals surface area contributed by atoms with Crippen molar-refractivity contribution in [2.45, 2.75) is 20.3 Å². The van der Waals surface area contributed by atoms with Crippen LogP contribution >= 0.6 is 0 Å². The molecular weight excluding hydrogens is 175 g/mol. The molecule has 74 valence electrons. The number of fused-ring (bicyclic) bond motifs is 1. The number of aryl methyl sites for hydroxylation is 1. The zero-order chi connectivity index (χ0) is 10.1. The van der Waals surface area contributed by atoms with Gasteiger partial charge in [0.15, 0.2) is 11.5 Å². The second-order valence-corrected chi connectivity index (χ2v) is 3.70. The highest BCUT2D eigenvalue weighted by Crippen LogP contribution is 2.34. The first kappa shape index (κ1) is 9.44. The lowest BCUT2D eigenvalue weighted by atomic mass is 9.89. The molecule has 0 bridgehead atoms. The smallest absolute Gasteiger partial charge is 0.164 e. The van der Waals surface area contributed by atoms with Crippen LogP contribution in [0.4, 0.5) is 0 Å². The van der Waals surface area contributed by atoms with E-state index in [2.05, 4.69) is 27.8 Å². The Morgan fingerprint density at radius 3 is 2.57 bits per heavy atom. The van der Waals surface area contributed by atoms with Gasteiger partial charge in [0.05, 0.1) is 0 Å². The van der Waals surface area contributed by atoms with Crippen LogP contribution < -0.4 is 14.9 Å². The summed E-state index contributed by atoms with van der Waals surface area (Å²) in [5, 5.41) is 0. The van der Waals surface area contributed by atoms with Crippen LogP contribution in [0.3, 0.4) is 0 Å². The SMILES string of the molecule is Bc1cc(C)c(CC)c2c1OCCO2. The van der Waals surface area contributed by atoms with Gasteiger partial charge in [0.25, 0.3) is 0 Å². The van der Waals surface area contributed by atoms with Crippen molar-refractivity contribution in [1.82, 2.24) is 0 Å². The molecule has 2 rings (SSSR count). The lowest BCUT2D eigenvalue weighted by Crippen LogP contribution is -2.23. The molecule has 0 unspecified atom stereocenters. The first-order valence-electron chi connectivity index (χ1n) is 5.12. The van der Waals surface area contributed by atoms with E-state index in [0.29, 0.717) is 13.2 Å². The second-order valence-electron chi connectivity index (χ2n) is 3.70. The van der Waals surface area contributed by atoms with E-state index >= 15 is 0 Å². The van der Waals surface area contributed by atoms with Crippen LogP contribution in [0.5, 0.6) is 11.5 Å². The van der Waals surface area contributed by atoms with E-state index in [-0.39, 0.29) is 0 Å². The van der Waals surface area contributed by atoms with E-state index in [1.807, 2.05) is 0 Å². The van der Waals surface area contributed by atoms with Gasteiger partial charge in [-0.25, -0.2) is 0 Å². The van der Waals surface area contributed by atoms with Crippen molar-refractivity contribution >= 4 is 13.3 Å². The van der Waals surface area contributed by atoms with Gasteiger partial charge < -0.3 is 9.47 Å². The molecule has 0 fully saturated rings. The fraction of sp³-hybridized carbons (Fsp3) is 0.455. The predicted octanol–water partition coefficient (Wildman–Crippen LogP) is 0.587. The largest absolute Gasteiger partial charge is 0.487 e. The standard InChI is InChI=1S/C11H15BO2/c1-3-8-7(2)6-9(12)11-10(8)13-4-5-14-11/h6H,3-5,12H2,1-2H3. The summed E-state index contributed by atoms with van der Waals surface area (Å²) in [5.41, 5.74) is 3.76. The average Bonchev–Trinajstić information content (AvgIpc) is 2.18. The molecule has 0 spiro atoms. The maximum atomic E-state index is 5.68. The number of hydrogen-bond donors (Lipinski definition) is 0. The summed E-state index contributed by atoms with van der Waals surface area (Å²) in [7, 11) is 2.07. The van der Waals surface area contributed by atoms with E-state index in [0.717, 1.165) is 17.9 Å². The molecule has 0 atom stereocenters. The van der Waals surface area contributed by atoms with Crippen molar-refractivity contribution in [2.75, 3.05) is 13.2 Å². The Balaban J connectivity index is 2.61. The summed E-state index contributed by atoms with van der Waals surface area (Å²) >= 11 is 0. The quantitative estimate of drug-likeness (QED) is 0.603. The third-order valence-electron chi connectivity index (χ3n) is 2.68. The second kappa shape index (κ2) is 3.56. The minimum absolute atomic E-state index is 0.667.